The smallest absolute Gasteiger partial charge is 0.309 e. The van der Waals surface area contributed by atoms with E-state index in [4.69, 9.17) is 5.11 Å². The highest BCUT2D eigenvalue weighted by Crippen LogP contribution is 2.15. The minimum absolute atomic E-state index is 0.184. The van der Waals surface area contributed by atoms with E-state index in [0.717, 1.165) is 13.0 Å². The molecule has 2 atom stereocenters. The lowest BCUT2D eigenvalue weighted by molar-refractivity contribution is -0.144. The van der Waals surface area contributed by atoms with Crippen molar-refractivity contribution in [1.29, 1.82) is 0 Å². The highest BCUT2D eigenvalue weighted by molar-refractivity contribution is 5.71. The van der Waals surface area contributed by atoms with Crippen LogP contribution in [0.1, 0.15) is 6.42 Å². The number of rotatable bonds is 2. The third-order valence-electron chi connectivity index (χ3n) is 2.43. The summed E-state index contributed by atoms with van der Waals surface area (Å²) < 4.78 is 0. The monoisotopic (exact) mass is 172 g/mol. The molecule has 2 unspecified atom stereocenters. The van der Waals surface area contributed by atoms with Gasteiger partial charge in [-0.3, -0.25) is 4.79 Å². The lowest BCUT2D eigenvalue weighted by Gasteiger charge is -2.33. The lowest BCUT2D eigenvalue weighted by atomic mass is 9.93. The van der Waals surface area contributed by atoms with Crippen molar-refractivity contribution >= 4 is 5.97 Å². The van der Waals surface area contributed by atoms with Crippen molar-refractivity contribution in [3.8, 4) is 0 Å². The fraction of sp³-hybridized carbons (Fsp3) is 0.875. The van der Waals surface area contributed by atoms with Gasteiger partial charge in [0.2, 0.25) is 0 Å². The molecule has 1 fully saturated rings. The molecule has 1 saturated heterocycles. The summed E-state index contributed by atoms with van der Waals surface area (Å²) in [5.74, 6) is -0.949. The average Bonchev–Trinajstić information content (AvgIpc) is 2.04. The Balaban J connectivity index is 2.60. The molecule has 4 heteroatoms. The predicted octanol–water partition coefficient (Wildman–Crippen LogP) is -0.389. The lowest BCUT2D eigenvalue weighted by Crippen LogP contribution is -2.50. The van der Waals surface area contributed by atoms with E-state index >= 15 is 0 Å². The van der Waals surface area contributed by atoms with Gasteiger partial charge in [0.05, 0.1) is 5.92 Å². The largest absolute Gasteiger partial charge is 0.481 e. The minimum Gasteiger partial charge on any atom is -0.481 e. The van der Waals surface area contributed by atoms with Gasteiger partial charge in [-0.1, -0.05) is 0 Å². The van der Waals surface area contributed by atoms with Gasteiger partial charge < -0.3 is 15.3 Å². The molecular weight excluding hydrogens is 156 g/mol. The number of nitrogens with one attached hydrogen (secondary N) is 1. The first kappa shape index (κ1) is 9.48. The Morgan fingerprint density at radius 3 is 2.67 bits per heavy atom. The number of aliphatic carboxylic acids is 1. The summed E-state index contributed by atoms with van der Waals surface area (Å²) in [6.07, 6.45) is 0.921. The molecule has 0 bridgehead atoms. The Bertz CT molecular complexity index is 170. The first-order valence-corrected chi connectivity index (χ1v) is 4.23. The van der Waals surface area contributed by atoms with Crippen LogP contribution >= 0.6 is 0 Å². The molecule has 0 amide bonds. The van der Waals surface area contributed by atoms with Crippen molar-refractivity contribution < 1.29 is 9.90 Å². The number of hydrogen-bond donors (Lipinski definition) is 2. The second kappa shape index (κ2) is 3.87. The normalized spacial score (nSPS) is 30.6. The van der Waals surface area contributed by atoms with Crippen LogP contribution in [-0.2, 0) is 4.79 Å². The van der Waals surface area contributed by atoms with E-state index in [-0.39, 0.29) is 12.0 Å². The number of piperidine rings is 1. The highest BCUT2D eigenvalue weighted by Gasteiger charge is 2.31. The second-order valence-electron chi connectivity index (χ2n) is 3.47. The zero-order chi connectivity index (χ0) is 9.14. The molecule has 0 aromatic rings. The van der Waals surface area contributed by atoms with Crippen LogP contribution in [-0.4, -0.2) is 49.2 Å². The molecule has 1 aliphatic rings. The van der Waals surface area contributed by atoms with E-state index in [9.17, 15) is 4.79 Å². The molecule has 1 rings (SSSR count). The van der Waals surface area contributed by atoms with Gasteiger partial charge in [0.15, 0.2) is 0 Å². The van der Waals surface area contributed by atoms with Crippen LogP contribution in [0.3, 0.4) is 0 Å². The van der Waals surface area contributed by atoms with Crippen LogP contribution in [0.2, 0.25) is 0 Å². The summed E-state index contributed by atoms with van der Waals surface area (Å²) in [7, 11) is 3.87. The van der Waals surface area contributed by atoms with Crippen molar-refractivity contribution in [2.45, 2.75) is 12.5 Å². The number of carbonyl (C=O) groups is 1. The molecule has 0 aromatic carbocycles. The zero-order valence-electron chi connectivity index (χ0n) is 7.58. The summed E-state index contributed by atoms with van der Waals surface area (Å²) >= 11 is 0. The first-order valence-electron chi connectivity index (χ1n) is 4.23. The van der Waals surface area contributed by atoms with Gasteiger partial charge in [0.25, 0.3) is 0 Å². The summed E-state index contributed by atoms with van der Waals surface area (Å²) in [5, 5.41) is 12.0. The van der Waals surface area contributed by atoms with E-state index in [1.165, 1.54) is 0 Å². The number of hydrogen-bond acceptors (Lipinski definition) is 3. The van der Waals surface area contributed by atoms with Crippen molar-refractivity contribution in [3.63, 3.8) is 0 Å². The molecule has 70 valence electrons. The van der Waals surface area contributed by atoms with Crippen molar-refractivity contribution in [3.05, 3.63) is 0 Å². The summed E-state index contributed by atoms with van der Waals surface area (Å²) in [6.45, 7) is 1.52. The maximum Gasteiger partial charge on any atom is 0.309 e. The number of nitrogens with zero attached hydrogens (tertiary/aromatic N) is 1. The topological polar surface area (TPSA) is 52.6 Å². The van der Waals surface area contributed by atoms with Crippen LogP contribution in [0.5, 0.6) is 0 Å². The fourth-order valence-electron chi connectivity index (χ4n) is 1.71. The molecule has 0 spiro atoms. The van der Waals surface area contributed by atoms with Crippen molar-refractivity contribution in [2.24, 2.45) is 5.92 Å². The fourth-order valence-corrected chi connectivity index (χ4v) is 1.71. The van der Waals surface area contributed by atoms with Crippen molar-refractivity contribution in [1.82, 2.24) is 10.2 Å². The van der Waals surface area contributed by atoms with Crippen LogP contribution < -0.4 is 5.32 Å². The quantitative estimate of drug-likeness (QED) is 0.595. The number of carboxylic acids is 1. The van der Waals surface area contributed by atoms with E-state index in [1.807, 2.05) is 19.0 Å². The molecule has 0 saturated carbocycles. The van der Waals surface area contributed by atoms with E-state index in [0.29, 0.717) is 6.54 Å². The molecule has 0 aliphatic carbocycles. The molecular formula is C8H16N2O2. The Morgan fingerprint density at radius 2 is 2.25 bits per heavy atom. The number of carboxylic acid groups (broad SMARTS) is 1. The van der Waals surface area contributed by atoms with Gasteiger partial charge in [-0.25, -0.2) is 0 Å². The molecule has 2 N–H and O–H groups in total. The zero-order valence-corrected chi connectivity index (χ0v) is 7.58. The molecule has 1 aliphatic heterocycles. The molecule has 0 radical (unpaired) electrons. The maximum atomic E-state index is 10.8. The Morgan fingerprint density at radius 1 is 1.58 bits per heavy atom. The van der Waals surface area contributed by atoms with E-state index < -0.39 is 5.97 Å². The molecule has 12 heavy (non-hydrogen) atoms. The third kappa shape index (κ3) is 1.95. The van der Waals surface area contributed by atoms with E-state index in [1.54, 1.807) is 0 Å². The van der Waals surface area contributed by atoms with Crippen LogP contribution in [0.4, 0.5) is 0 Å². The highest BCUT2D eigenvalue weighted by atomic mass is 16.4. The molecule has 4 nitrogen and oxygen atoms in total. The maximum absolute atomic E-state index is 10.8. The van der Waals surface area contributed by atoms with Crippen LogP contribution in [0, 0.1) is 5.92 Å². The molecule has 0 aromatic heterocycles. The first-order chi connectivity index (χ1) is 5.63. The Kier molecular flexibility index (Phi) is 3.05. The van der Waals surface area contributed by atoms with Crippen LogP contribution in [0.15, 0.2) is 0 Å². The summed E-state index contributed by atoms with van der Waals surface area (Å²) in [5.41, 5.74) is 0. The Hall–Kier alpha value is -0.610. The summed E-state index contributed by atoms with van der Waals surface area (Å²) in [4.78, 5) is 12.8. The standard InChI is InChI=1S/C8H16N2O2/c1-10(2)7-3-4-9-5-6(7)8(11)12/h6-7,9H,3-5H2,1-2H3,(H,11,12). The van der Waals surface area contributed by atoms with Gasteiger partial charge in [-0.05, 0) is 27.1 Å². The third-order valence-corrected chi connectivity index (χ3v) is 2.43. The van der Waals surface area contributed by atoms with Gasteiger partial charge in [0.1, 0.15) is 0 Å². The molecule has 1 heterocycles. The minimum atomic E-state index is -0.694. The predicted molar refractivity (Wildman–Crippen MR) is 46.1 cm³/mol. The van der Waals surface area contributed by atoms with Gasteiger partial charge in [-0.15, -0.1) is 0 Å². The average molecular weight is 172 g/mol. The van der Waals surface area contributed by atoms with Gasteiger partial charge in [0, 0.05) is 12.6 Å². The van der Waals surface area contributed by atoms with Crippen molar-refractivity contribution in [2.75, 3.05) is 27.2 Å². The SMILES string of the molecule is CN(C)C1CCNCC1C(=O)O. The van der Waals surface area contributed by atoms with Gasteiger partial charge >= 0.3 is 5.97 Å². The van der Waals surface area contributed by atoms with Gasteiger partial charge in [-0.2, -0.15) is 0 Å². The summed E-state index contributed by atoms with van der Waals surface area (Å²) in [6, 6.07) is 0.184. The second-order valence-corrected chi connectivity index (χ2v) is 3.47. The Labute approximate surface area is 72.6 Å². The van der Waals surface area contributed by atoms with E-state index in [2.05, 4.69) is 5.32 Å². The van der Waals surface area contributed by atoms with Crippen LogP contribution in [0.25, 0.3) is 0 Å².